The molecule has 2 rings (SSSR count). The first-order valence-corrected chi connectivity index (χ1v) is 7.39. The Balaban J connectivity index is 0.00000242. The molecule has 2 aromatic carbocycles. The molecule has 2 aromatic rings. The van der Waals surface area contributed by atoms with E-state index >= 15 is 0 Å². The molecule has 3 nitrogen and oxygen atoms in total. The van der Waals surface area contributed by atoms with Crippen molar-refractivity contribution in [2.24, 2.45) is 5.73 Å². The maximum absolute atomic E-state index is 12.7. The Hall–Kier alpha value is -0.970. The van der Waals surface area contributed by atoms with E-state index in [0.717, 1.165) is 0 Å². The van der Waals surface area contributed by atoms with Crippen molar-refractivity contribution in [3.8, 4) is 0 Å². The highest BCUT2D eigenvalue weighted by atomic mass is 35.5. The Morgan fingerprint density at radius 3 is 2.27 bits per heavy atom. The van der Waals surface area contributed by atoms with E-state index in [0.29, 0.717) is 34.4 Å². The monoisotopic (exact) mass is 378 g/mol. The van der Waals surface area contributed by atoms with Gasteiger partial charge in [0.05, 0.1) is 15.6 Å². The highest BCUT2D eigenvalue weighted by molar-refractivity contribution is 6.44. The molecule has 118 valence electrons. The van der Waals surface area contributed by atoms with E-state index in [2.05, 4.69) is 0 Å². The van der Waals surface area contributed by atoms with Crippen LogP contribution in [0.1, 0.15) is 10.4 Å². The molecule has 0 bridgehead atoms. The number of benzene rings is 2. The van der Waals surface area contributed by atoms with Gasteiger partial charge in [-0.3, -0.25) is 4.79 Å². The molecule has 22 heavy (non-hydrogen) atoms. The normalized spacial score (nSPS) is 10.0. The van der Waals surface area contributed by atoms with Crippen molar-refractivity contribution < 1.29 is 4.79 Å². The van der Waals surface area contributed by atoms with Crippen LogP contribution in [0.25, 0.3) is 0 Å². The maximum Gasteiger partial charge on any atom is 0.259 e. The molecule has 0 atom stereocenters. The number of hydrogen-bond acceptors (Lipinski definition) is 2. The van der Waals surface area contributed by atoms with Crippen LogP contribution in [0.3, 0.4) is 0 Å². The lowest BCUT2D eigenvalue weighted by Crippen LogP contribution is -2.35. The third-order valence-electron chi connectivity index (χ3n) is 2.92. The number of anilines is 1. The Kier molecular flexibility index (Phi) is 7.46. The van der Waals surface area contributed by atoms with E-state index in [1.807, 2.05) is 0 Å². The van der Waals surface area contributed by atoms with Crippen molar-refractivity contribution in [1.82, 2.24) is 0 Å². The number of carbonyl (C=O) groups excluding carboxylic acids is 1. The molecule has 0 saturated carbocycles. The summed E-state index contributed by atoms with van der Waals surface area (Å²) < 4.78 is 0. The summed E-state index contributed by atoms with van der Waals surface area (Å²) in [4.78, 5) is 14.2. The third kappa shape index (κ3) is 4.28. The summed E-state index contributed by atoms with van der Waals surface area (Å²) in [6, 6.07) is 11.9. The zero-order valence-electron chi connectivity index (χ0n) is 11.4. The third-order valence-corrected chi connectivity index (χ3v) is 3.99. The second kappa shape index (κ2) is 8.61. The Morgan fingerprint density at radius 2 is 1.68 bits per heavy atom. The van der Waals surface area contributed by atoms with E-state index in [1.165, 1.54) is 0 Å². The van der Waals surface area contributed by atoms with Gasteiger partial charge in [-0.2, -0.15) is 0 Å². The second-order valence-electron chi connectivity index (χ2n) is 4.32. The predicted molar refractivity (Wildman–Crippen MR) is 95.9 cm³/mol. The highest BCUT2D eigenvalue weighted by Gasteiger charge is 2.20. The van der Waals surface area contributed by atoms with Crippen LogP contribution < -0.4 is 10.6 Å². The van der Waals surface area contributed by atoms with Crippen LogP contribution in [0.4, 0.5) is 5.69 Å². The summed E-state index contributed by atoms with van der Waals surface area (Å²) in [7, 11) is 0. The van der Waals surface area contributed by atoms with Crippen LogP contribution in [0.2, 0.25) is 15.1 Å². The van der Waals surface area contributed by atoms with Gasteiger partial charge in [0.25, 0.3) is 5.91 Å². The molecule has 0 aliphatic carbocycles. The highest BCUT2D eigenvalue weighted by Crippen LogP contribution is 2.28. The van der Waals surface area contributed by atoms with Crippen LogP contribution >= 0.6 is 47.2 Å². The van der Waals surface area contributed by atoms with Crippen LogP contribution in [-0.2, 0) is 0 Å². The van der Waals surface area contributed by atoms with Crippen molar-refractivity contribution in [2.75, 3.05) is 18.0 Å². The van der Waals surface area contributed by atoms with Gasteiger partial charge in [0.15, 0.2) is 0 Å². The summed E-state index contributed by atoms with van der Waals surface area (Å²) in [6.45, 7) is 0.690. The average molecular weight is 380 g/mol. The van der Waals surface area contributed by atoms with E-state index in [-0.39, 0.29) is 23.3 Å². The maximum atomic E-state index is 12.7. The number of amides is 1. The van der Waals surface area contributed by atoms with Gasteiger partial charge in [-0.1, -0.05) is 40.9 Å². The van der Waals surface area contributed by atoms with Gasteiger partial charge in [-0.05, 0) is 36.4 Å². The Labute approximate surface area is 150 Å². The molecule has 0 heterocycles. The van der Waals surface area contributed by atoms with Crippen molar-refractivity contribution in [1.29, 1.82) is 0 Å². The molecule has 7 heteroatoms. The molecule has 0 fully saturated rings. The number of nitrogens with two attached hydrogens (primary N) is 1. The van der Waals surface area contributed by atoms with E-state index in [9.17, 15) is 4.79 Å². The molecule has 0 aromatic heterocycles. The lowest BCUT2D eigenvalue weighted by Gasteiger charge is -2.23. The predicted octanol–water partition coefficient (Wildman–Crippen LogP) is 4.67. The molecule has 2 N–H and O–H groups in total. The standard InChI is InChI=1S/C15H13Cl3N2O.ClH/c16-10-4-6-11(7-5-10)20(9-8-19)15(21)12-2-1-3-13(17)14(12)18;/h1-7H,8-9,19H2;1H. The van der Waals surface area contributed by atoms with Gasteiger partial charge in [-0.15, -0.1) is 12.4 Å². The lowest BCUT2D eigenvalue weighted by molar-refractivity contribution is 0.0987. The molecule has 0 spiro atoms. The minimum Gasteiger partial charge on any atom is -0.329 e. The van der Waals surface area contributed by atoms with Crippen molar-refractivity contribution in [2.45, 2.75) is 0 Å². The van der Waals surface area contributed by atoms with Crippen LogP contribution in [0.5, 0.6) is 0 Å². The first-order chi connectivity index (χ1) is 10.0. The number of halogens is 4. The summed E-state index contributed by atoms with van der Waals surface area (Å²) in [6.07, 6.45) is 0. The molecular weight excluding hydrogens is 366 g/mol. The van der Waals surface area contributed by atoms with E-state index < -0.39 is 0 Å². The van der Waals surface area contributed by atoms with E-state index in [1.54, 1.807) is 47.4 Å². The fraction of sp³-hybridized carbons (Fsp3) is 0.133. The second-order valence-corrected chi connectivity index (χ2v) is 5.54. The molecule has 1 amide bonds. The van der Waals surface area contributed by atoms with Gasteiger partial charge in [0, 0.05) is 23.8 Å². The Morgan fingerprint density at radius 1 is 1.05 bits per heavy atom. The van der Waals surface area contributed by atoms with Crippen molar-refractivity contribution in [3.05, 3.63) is 63.1 Å². The summed E-state index contributed by atoms with van der Waals surface area (Å²) in [5, 5.41) is 1.17. The quantitative estimate of drug-likeness (QED) is 0.838. The number of carbonyl (C=O) groups is 1. The van der Waals surface area contributed by atoms with Crippen LogP contribution in [0.15, 0.2) is 42.5 Å². The molecule has 0 aliphatic rings. The van der Waals surface area contributed by atoms with Gasteiger partial charge >= 0.3 is 0 Å². The molecular formula is C15H14Cl4N2O. The molecule has 0 saturated heterocycles. The van der Waals surface area contributed by atoms with Gasteiger partial charge in [0.2, 0.25) is 0 Å². The van der Waals surface area contributed by atoms with Crippen molar-refractivity contribution >= 4 is 58.8 Å². The summed E-state index contributed by atoms with van der Waals surface area (Å²) in [5.74, 6) is -0.254. The van der Waals surface area contributed by atoms with Gasteiger partial charge in [-0.25, -0.2) is 0 Å². The number of rotatable bonds is 4. The Bertz CT molecular complexity index is 646. The largest absolute Gasteiger partial charge is 0.329 e. The number of nitrogens with zero attached hydrogens (tertiary/aromatic N) is 1. The zero-order valence-corrected chi connectivity index (χ0v) is 14.5. The van der Waals surface area contributed by atoms with Crippen LogP contribution in [-0.4, -0.2) is 19.0 Å². The van der Waals surface area contributed by atoms with Gasteiger partial charge in [0.1, 0.15) is 0 Å². The first-order valence-electron chi connectivity index (χ1n) is 6.26. The molecule has 0 radical (unpaired) electrons. The lowest BCUT2D eigenvalue weighted by atomic mass is 10.1. The minimum atomic E-state index is -0.254. The summed E-state index contributed by atoms with van der Waals surface area (Å²) in [5.41, 5.74) is 6.64. The smallest absolute Gasteiger partial charge is 0.259 e. The van der Waals surface area contributed by atoms with Crippen molar-refractivity contribution in [3.63, 3.8) is 0 Å². The zero-order chi connectivity index (χ0) is 15.4. The molecule has 0 unspecified atom stereocenters. The fourth-order valence-corrected chi connectivity index (χ4v) is 2.42. The topological polar surface area (TPSA) is 46.3 Å². The molecule has 0 aliphatic heterocycles. The fourth-order valence-electron chi connectivity index (χ4n) is 1.91. The first kappa shape index (κ1) is 19.1. The number of hydrogen-bond donors (Lipinski definition) is 1. The SMILES string of the molecule is Cl.NCCN(C(=O)c1cccc(Cl)c1Cl)c1ccc(Cl)cc1. The van der Waals surface area contributed by atoms with E-state index in [4.69, 9.17) is 40.5 Å². The van der Waals surface area contributed by atoms with Crippen LogP contribution in [0, 0.1) is 0 Å². The average Bonchev–Trinajstić information content (AvgIpc) is 2.48. The summed E-state index contributed by atoms with van der Waals surface area (Å²) >= 11 is 17.9. The van der Waals surface area contributed by atoms with Gasteiger partial charge < -0.3 is 10.6 Å². The minimum absolute atomic E-state index is 0.